The molecule has 1 aliphatic heterocycles. The van der Waals surface area contributed by atoms with Crippen LogP contribution in [0.3, 0.4) is 0 Å². The smallest absolute Gasteiger partial charge is 0.239 e. The molecule has 1 atom stereocenters. The third-order valence-corrected chi connectivity index (χ3v) is 3.32. The van der Waals surface area contributed by atoms with Crippen LogP contribution < -0.4 is 5.32 Å². The maximum absolute atomic E-state index is 12.8. The summed E-state index contributed by atoms with van der Waals surface area (Å²) in [6.07, 6.45) is 3.16. The molecule has 98 valence electrons. The lowest BCUT2D eigenvalue weighted by atomic mass is 10.0. The summed E-state index contributed by atoms with van der Waals surface area (Å²) in [7, 11) is 1.79. The Hall–Kier alpha value is -1.42. The highest BCUT2D eigenvalue weighted by Crippen LogP contribution is 2.11. The van der Waals surface area contributed by atoms with Gasteiger partial charge < -0.3 is 10.2 Å². The zero-order valence-corrected chi connectivity index (χ0v) is 10.7. The second-order valence-electron chi connectivity index (χ2n) is 4.82. The Morgan fingerprint density at radius 1 is 1.39 bits per heavy atom. The third-order valence-electron chi connectivity index (χ3n) is 3.32. The van der Waals surface area contributed by atoms with Crippen LogP contribution >= 0.6 is 0 Å². The van der Waals surface area contributed by atoms with Crippen molar-refractivity contribution in [2.45, 2.75) is 31.8 Å². The van der Waals surface area contributed by atoms with E-state index < -0.39 is 0 Å². The average Bonchev–Trinajstić information content (AvgIpc) is 2.41. The number of amides is 1. The van der Waals surface area contributed by atoms with Gasteiger partial charge in [-0.25, -0.2) is 4.39 Å². The van der Waals surface area contributed by atoms with E-state index in [1.165, 1.54) is 12.1 Å². The Morgan fingerprint density at radius 3 is 2.72 bits per heavy atom. The van der Waals surface area contributed by atoms with Crippen molar-refractivity contribution in [3.05, 3.63) is 35.6 Å². The van der Waals surface area contributed by atoms with Crippen molar-refractivity contribution in [3.63, 3.8) is 0 Å². The maximum Gasteiger partial charge on any atom is 0.239 e. The van der Waals surface area contributed by atoms with Crippen LogP contribution in [0.1, 0.15) is 24.8 Å². The third kappa shape index (κ3) is 3.29. The van der Waals surface area contributed by atoms with Gasteiger partial charge in [-0.2, -0.15) is 0 Å². The molecule has 1 amide bonds. The summed E-state index contributed by atoms with van der Waals surface area (Å²) in [6, 6.07) is 6.23. The van der Waals surface area contributed by atoms with Crippen LogP contribution in [0.25, 0.3) is 0 Å². The summed E-state index contributed by atoms with van der Waals surface area (Å²) in [5, 5.41) is 3.24. The summed E-state index contributed by atoms with van der Waals surface area (Å²) >= 11 is 0. The van der Waals surface area contributed by atoms with E-state index in [0.29, 0.717) is 6.54 Å². The molecule has 0 saturated carbocycles. The van der Waals surface area contributed by atoms with Crippen molar-refractivity contribution in [2.24, 2.45) is 0 Å². The predicted octanol–water partition coefficient (Wildman–Crippen LogP) is 1.93. The minimum atomic E-state index is -0.248. The number of hydrogen-bond acceptors (Lipinski definition) is 2. The van der Waals surface area contributed by atoms with Crippen LogP contribution in [0.2, 0.25) is 0 Å². The molecule has 1 aliphatic rings. The molecular formula is C14H19FN2O. The van der Waals surface area contributed by atoms with Gasteiger partial charge in [0.1, 0.15) is 5.82 Å². The van der Waals surface area contributed by atoms with E-state index in [2.05, 4.69) is 5.32 Å². The standard InChI is InChI=1S/C14H19FN2O/c1-17(10-11-5-7-12(15)8-6-11)14(18)13-4-2-3-9-16-13/h5-8,13,16H,2-4,9-10H2,1H3/t13-/m0/s1. The van der Waals surface area contributed by atoms with Crippen LogP contribution in [0.5, 0.6) is 0 Å². The minimum absolute atomic E-state index is 0.0517. The van der Waals surface area contributed by atoms with Crippen LogP contribution in [0.4, 0.5) is 4.39 Å². The van der Waals surface area contributed by atoms with Gasteiger partial charge in [0.2, 0.25) is 5.91 Å². The molecule has 0 spiro atoms. The molecule has 0 bridgehead atoms. The first kappa shape index (κ1) is 13.0. The SMILES string of the molecule is CN(Cc1ccc(F)cc1)C(=O)[C@@H]1CCCCN1. The highest BCUT2D eigenvalue weighted by molar-refractivity contribution is 5.81. The van der Waals surface area contributed by atoms with Gasteiger partial charge in [-0.05, 0) is 37.1 Å². The Kier molecular flexibility index (Phi) is 4.31. The Morgan fingerprint density at radius 2 is 2.11 bits per heavy atom. The number of piperidine rings is 1. The zero-order valence-electron chi connectivity index (χ0n) is 10.7. The van der Waals surface area contributed by atoms with Crippen molar-refractivity contribution in [1.29, 1.82) is 0 Å². The molecule has 18 heavy (non-hydrogen) atoms. The number of likely N-dealkylation sites (N-methyl/N-ethyl adjacent to an activating group) is 1. The fourth-order valence-corrected chi connectivity index (χ4v) is 2.27. The lowest BCUT2D eigenvalue weighted by Crippen LogP contribution is -2.46. The molecule has 0 radical (unpaired) electrons. The van der Waals surface area contributed by atoms with E-state index in [4.69, 9.17) is 0 Å². The molecule has 0 unspecified atom stereocenters. The monoisotopic (exact) mass is 250 g/mol. The maximum atomic E-state index is 12.8. The second-order valence-corrected chi connectivity index (χ2v) is 4.82. The van der Waals surface area contributed by atoms with E-state index in [-0.39, 0.29) is 17.8 Å². The lowest BCUT2D eigenvalue weighted by molar-refractivity contribution is -0.133. The highest BCUT2D eigenvalue weighted by Gasteiger charge is 2.23. The van der Waals surface area contributed by atoms with Gasteiger partial charge in [-0.15, -0.1) is 0 Å². The molecule has 4 heteroatoms. The van der Waals surface area contributed by atoms with Crippen molar-refractivity contribution >= 4 is 5.91 Å². The molecule has 1 heterocycles. The van der Waals surface area contributed by atoms with Gasteiger partial charge in [0, 0.05) is 13.6 Å². The molecular weight excluding hydrogens is 231 g/mol. The normalized spacial score (nSPS) is 19.6. The van der Waals surface area contributed by atoms with Gasteiger partial charge in [0.25, 0.3) is 0 Å². The van der Waals surface area contributed by atoms with E-state index >= 15 is 0 Å². The molecule has 1 saturated heterocycles. The van der Waals surface area contributed by atoms with Gasteiger partial charge in [0.05, 0.1) is 6.04 Å². The zero-order chi connectivity index (χ0) is 13.0. The number of halogens is 1. The van der Waals surface area contributed by atoms with Crippen LogP contribution in [0, 0.1) is 5.82 Å². The number of nitrogens with one attached hydrogen (secondary N) is 1. The number of nitrogens with zero attached hydrogens (tertiary/aromatic N) is 1. The molecule has 1 N–H and O–H groups in total. The summed E-state index contributed by atoms with van der Waals surface area (Å²) in [5.41, 5.74) is 0.947. The summed E-state index contributed by atoms with van der Waals surface area (Å²) in [4.78, 5) is 13.9. The Bertz CT molecular complexity index is 399. The quantitative estimate of drug-likeness (QED) is 0.889. The first-order valence-corrected chi connectivity index (χ1v) is 6.39. The number of carbonyl (C=O) groups excluding carboxylic acids is 1. The van der Waals surface area contributed by atoms with Gasteiger partial charge in [-0.1, -0.05) is 18.6 Å². The van der Waals surface area contributed by atoms with E-state index in [1.807, 2.05) is 0 Å². The van der Waals surface area contributed by atoms with Crippen molar-refractivity contribution in [3.8, 4) is 0 Å². The van der Waals surface area contributed by atoms with Crippen LogP contribution in [-0.2, 0) is 11.3 Å². The number of hydrogen-bond donors (Lipinski definition) is 1. The molecule has 0 aromatic heterocycles. The Balaban J connectivity index is 1.92. The molecule has 1 aromatic carbocycles. The molecule has 1 aromatic rings. The average molecular weight is 250 g/mol. The minimum Gasteiger partial charge on any atom is -0.340 e. The van der Waals surface area contributed by atoms with Crippen molar-refractivity contribution in [1.82, 2.24) is 10.2 Å². The first-order chi connectivity index (χ1) is 8.66. The van der Waals surface area contributed by atoms with Crippen LogP contribution in [0.15, 0.2) is 24.3 Å². The fraction of sp³-hybridized carbons (Fsp3) is 0.500. The molecule has 1 fully saturated rings. The summed E-state index contributed by atoms with van der Waals surface area (Å²) < 4.78 is 12.8. The second kappa shape index (κ2) is 5.96. The summed E-state index contributed by atoms with van der Waals surface area (Å²) in [6.45, 7) is 1.44. The van der Waals surface area contributed by atoms with E-state index in [1.54, 1.807) is 24.1 Å². The van der Waals surface area contributed by atoms with Gasteiger partial charge in [-0.3, -0.25) is 4.79 Å². The largest absolute Gasteiger partial charge is 0.340 e. The van der Waals surface area contributed by atoms with Crippen LogP contribution in [-0.4, -0.2) is 30.4 Å². The fourth-order valence-electron chi connectivity index (χ4n) is 2.27. The highest BCUT2D eigenvalue weighted by atomic mass is 19.1. The van der Waals surface area contributed by atoms with Gasteiger partial charge in [0.15, 0.2) is 0 Å². The molecule has 2 rings (SSSR count). The topological polar surface area (TPSA) is 32.3 Å². The molecule has 0 aliphatic carbocycles. The summed E-state index contributed by atoms with van der Waals surface area (Å²) in [5.74, 6) is -0.124. The van der Waals surface area contributed by atoms with Crippen molar-refractivity contribution < 1.29 is 9.18 Å². The van der Waals surface area contributed by atoms with Crippen molar-refractivity contribution in [2.75, 3.05) is 13.6 Å². The Labute approximate surface area is 107 Å². The first-order valence-electron chi connectivity index (χ1n) is 6.39. The van der Waals surface area contributed by atoms with Gasteiger partial charge >= 0.3 is 0 Å². The lowest BCUT2D eigenvalue weighted by Gasteiger charge is -2.27. The molecule has 3 nitrogen and oxygen atoms in total. The number of benzene rings is 1. The number of carbonyl (C=O) groups is 1. The number of rotatable bonds is 3. The predicted molar refractivity (Wildman–Crippen MR) is 68.5 cm³/mol. The van der Waals surface area contributed by atoms with E-state index in [0.717, 1.165) is 31.4 Å². The van der Waals surface area contributed by atoms with E-state index in [9.17, 15) is 9.18 Å².